The fourth-order valence-electron chi connectivity index (χ4n) is 2.40. The van der Waals surface area contributed by atoms with Gasteiger partial charge in [-0.1, -0.05) is 0 Å². The van der Waals surface area contributed by atoms with Crippen LogP contribution >= 0.6 is 0 Å². The summed E-state index contributed by atoms with van der Waals surface area (Å²) < 4.78 is 10.8. The first-order chi connectivity index (χ1) is 10.5. The number of nitrogens with zero attached hydrogens (tertiary/aromatic N) is 1. The molecule has 0 spiro atoms. The lowest BCUT2D eigenvalue weighted by atomic mass is 9.96. The summed E-state index contributed by atoms with van der Waals surface area (Å²) in [7, 11) is 0. The molecule has 1 amide bonds. The van der Waals surface area contributed by atoms with E-state index in [1.165, 1.54) is 24.3 Å². The van der Waals surface area contributed by atoms with Gasteiger partial charge in [0.2, 0.25) is 0 Å². The minimum Gasteiger partial charge on any atom is -0.484 e. The smallest absolute Gasteiger partial charge is 0.269 e. The fraction of sp³-hybridized carbons (Fsp3) is 0.533. The molecule has 1 aromatic carbocycles. The molecule has 1 aliphatic heterocycles. The Morgan fingerprint density at radius 1 is 1.45 bits per heavy atom. The number of amides is 1. The summed E-state index contributed by atoms with van der Waals surface area (Å²) in [6.45, 7) is 3.29. The van der Waals surface area contributed by atoms with E-state index in [1.807, 2.05) is 6.92 Å². The number of benzene rings is 1. The summed E-state index contributed by atoms with van der Waals surface area (Å²) in [6.07, 6.45) is 2.14. The third-order valence-electron chi connectivity index (χ3n) is 3.60. The van der Waals surface area contributed by atoms with E-state index in [2.05, 4.69) is 5.32 Å². The van der Waals surface area contributed by atoms with Crippen LogP contribution in [0.4, 0.5) is 5.69 Å². The van der Waals surface area contributed by atoms with Crippen molar-refractivity contribution < 1.29 is 19.2 Å². The number of rotatable bonds is 6. The first kappa shape index (κ1) is 16.2. The van der Waals surface area contributed by atoms with Gasteiger partial charge >= 0.3 is 0 Å². The van der Waals surface area contributed by atoms with Gasteiger partial charge in [0.25, 0.3) is 11.6 Å². The highest BCUT2D eigenvalue weighted by Crippen LogP contribution is 2.19. The van der Waals surface area contributed by atoms with Crippen molar-refractivity contribution in [2.45, 2.75) is 25.9 Å². The van der Waals surface area contributed by atoms with Gasteiger partial charge < -0.3 is 14.8 Å². The second-order valence-corrected chi connectivity index (χ2v) is 5.42. The predicted molar refractivity (Wildman–Crippen MR) is 79.7 cm³/mol. The minimum absolute atomic E-state index is 0.00885. The summed E-state index contributed by atoms with van der Waals surface area (Å²) >= 11 is 0. The molecular weight excluding hydrogens is 288 g/mol. The molecule has 0 unspecified atom stereocenters. The highest BCUT2D eigenvalue weighted by molar-refractivity contribution is 5.77. The van der Waals surface area contributed by atoms with E-state index < -0.39 is 4.92 Å². The quantitative estimate of drug-likeness (QED) is 0.640. The largest absolute Gasteiger partial charge is 0.484 e. The molecule has 0 aliphatic carbocycles. The molecule has 22 heavy (non-hydrogen) atoms. The molecular formula is C15H20N2O5. The van der Waals surface area contributed by atoms with Gasteiger partial charge in [0.1, 0.15) is 5.75 Å². The van der Waals surface area contributed by atoms with Gasteiger partial charge in [-0.05, 0) is 37.8 Å². The van der Waals surface area contributed by atoms with E-state index in [1.54, 1.807) is 0 Å². The van der Waals surface area contributed by atoms with Crippen LogP contribution in [0.15, 0.2) is 24.3 Å². The molecule has 0 radical (unpaired) electrons. The van der Waals surface area contributed by atoms with Crippen molar-refractivity contribution in [3.8, 4) is 5.75 Å². The number of nitro groups is 1. The SMILES string of the molecule is C[C@H]1C[C@H](CNC(=O)COc2ccc([N+](=O)[O-])cc2)CCO1. The van der Waals surface area contributed by atoms with Crippen LogP contribution in [0.5, 0.6) is 5.75 Å². The number of nitrogens with one attached hydrogen (secondary N) is 1. The number of non-ortho nitro benzene ring substituents is 1. The van der Waals surface area contributed by atoms with Gasteiger partial charge in [0, 0.05) is 25.3 Å². The van der Waals surface area contributed by atoms with Gasteiger partial charge in [-0.2, -0.15) is 0 Å². The summed E-state index contributed by atoms with van der Waals surface area (Å²) in [5.74, 6) is 0.671. The Hall–Kier alpha value is -2.15. The van der Waals surface area contributed by atoms with Crippen molar-refractivity contribution in [1.29, 1.82) is 0 Å². The lowest BCUT2D eigenvalue weighted by Gasteiger charge is -2.27. The van der Waals surface area contributed by atoms with Crippen LogP contribution in [-0.4, -0.2) is 36.7 Å². The summed E-state index contributed by atoms with van der Waals surface area (Å²) in [5.41, 5.74) is -0.00885. The van der Waals surface area contributed by atoms with Crippen LogP contribution in [-0.2, 0) is 9.53 Å². The molecule has 1 aliphatic rings. The molecule has 1 fully saturated rings. The number of hydrogen-bond acceptors (Lipinski definition) is 5. The maximum atomic E-state index is 11.7. The van der Waals surface area contributed by atoms with E-state index in [0.29, 0.717) is 18.2 Å². The second-order valence-electron chi connectivity index (χ2n) is 5.42. The van der Waals surface area contributed by atoms with E-state index in [4.69, 9.17) is 9.47 Å². The molecule has 1 N–H and O–H groups in total. The van der Waals surface area contributed by atoms with Gasteiger partial charge in [-0.25, -0.2) is 0 Å². The zero-order valence-corrected chi connectivity index (χ0v) is 12.5. The van der Waals surface area contributed by atoms with Gasteiger partial charge in [-0.15, -0.1) is 0 Å². The second kappa shape index (κ2) is 7.74. The molecule has 0 saturated carbocycles. The molecule has 7 heteroatoms. The Kier molecular flexibility index (Phi) is 5.71. The summed E-state index contributed by atoms with van der Waals surface area (Å²) in [6, 6.07) is 5.64. The third kappa shape index (κ3) is 5.00. The molecule has 120 valence electrons. The molecule has 2 atom stereocenters. The van der Waals surface area contributed by atoms with Crippen LogP contribution in [0.3, 0.4) is 0 Å². The first-order valence-corrected chi connectivity index (χ1v) is 7.30. The predicted octanol–water partition coefficient (Wildman–Crippen LogP) is 1.90. The zero-order chi connectivity index (χ0) is 15.9. The molecule has 0 bridgehead atoms. The Morgan fingerprint density at radius 2 is 2.18 bits per heavy atom. The lowest BCUT2D eigenvalue weighted by Crippen LogP contribution is -2.36. The molecule has 2 rings (SSSR count). The lowest BCUT2D eigenvalue weighted by molar-refractivity contribution is -0.384. The average Bonchev–Trinajstić information content (AvgIpc) is 2.51. The van der Waals surface area contributed by atoms with Crippen molar-refractivity contribution in [2.75, 3.05) is 19.8 Å². The number of carbonyl (C=O) groups excluding carboxylic acids is 1. The Labute approximate surface area is 128 Å². The number of ether oxygens (including phenoxy) is 2. The summed E-state index contributed by atoms with van der Waals surface area (Å²) in [4.78, 5) is 21.8. The Bertz CT molecular complexity index is 517. The highest BCUT2D eigenvalue weighted by atomic mass is 16.6. The molecule has 7 nitrogen and oxygen atoms in total. The van der Waals surface area contributed by atoms with Crippen LogP contribution in [0, 0.1) is 16.0 Å². The van der Waals surface area contributed by atoms with E-state index >= 15 is 0 Å². The molecule has 1 heterocycles. The fourth-order valence-corrected chi connectivity index (χ4v) is 2.40. The van der Waals surface area contributed by atoms with Crippen molar-refractivity contribution >= 4 is 11.6 Å². The van der Waals surface area contributed by atoms with Crippen molar-refractivity contribution in [2.24, 2.45) is 5.92 Å². The van der Waals surface area contributed by atoms with E-state index in [9.17, 15) is 14.9 Å². The van der Waals surface area contributed by atoms with Crippen molar-refractivity contribution in [1.82, 2.24) is 5.32 Å². The number of hydrogen-bond donors (Lipinski definition) is 1. The van der Waals surface area contributed by atoms with Gasteiger partial charge in [0.15, 0.2) is 6.61 Å². The summed E-state index contributed by atoms with van der Waals surface area (Å²) in [5, 5.41) is 13.4. The number of nitro benzene ring substituents is 1. The van der Waals surface area contributed by atoms with Gasteiger partial charge in [0.05, 0.1) is 11.0 Å². The minimum atomic E-state index is -0.481. The average molecular weight is 308 g/mol. The Balaban J connectivity index is 1.70. The van der Waals surface area contributed by atoms with E-state index in [-0.39, 0.29) is 24.3 Å². The first-order valence-electron chi connectivity index (χ1n) is 7.30. The molecule has 1 saturated heterocycles. The van der Waals surface area contributed by atoms with Crippen LogP contribution in [0.1, 0.15) is 19.8 Å². The maximum absolute atomic E-state index is 11.7. The zero-order valence-electron chi connectivity index (χ0n) is 12.5. The monoisotopic (exact) mass is 308 g/mol. The van der Waals surface area contributed by atoms with Crippen molar-refractivity contribution in [3.63, 3.8) is 0 Å². The van der Waals surface area contributed by atoms with Crippen LogP contribution in [0.25, 0.3) is 0 Å². The van der Waals surface area contributed by atoms with E-state index in [0.717, 1.165) is 19.4 Å². The third-order valence-corrected chi connectivity index (χ3v) is 3.60. The van der Waals surface area contributed by atoms with Crippen molar-refractivity contribution in [3.05, 3.63) is 34.4 Å². The Morgan fingerprint density at radius 3 is 2.82 bits per heavy atom. The maximum Gasteiger partial charge on any atom is 0.269 e. The topological polar surface area (TPSA) is 90.7 Å². The van der Waals surface area contributed by atoms with Crippen LogP contribution < -0.4 is 10.1 Å². The van der Waals surface area contributed by atoms with Gasteiger partial charge in [-0.3, -0.25) is 14.9 Å². The molecule has 1 aromatic rings. The van der Waals surface area contributed by atoms with Crippen LogP contribution in [0.2, 0.25) is 0 Å². The standard InChI is InChI=1S/C15H20N2O5/c1-11-8-12(6-7-21-11)9-16-15(18)10-22-14-4-2-13(3-5-14)17(19)20/h2-5,11-12H,6-10H2,1H3,(H,16,18)/t11-,12+/m0/s1. The number of carbonyl (C=O) groups is 1. The molecule has 0 aromatic heterocycles. The highest BCUT2D eigenvalue weighted by Gasteiger charge is 2.19. The normalized spacial score (nSPS) is 21.1.